The Morgan fingerprint density at radius 3 is 3.00 bits per heavy atom. The number of aliphatic hydroxyl groups excluding tert-OH is 1. The van der Waals surface area contributed by atoms with Crippen LogP contribution in [0.25, 0.3) is 0 Å². The van der Waals surface area contributed by atoms with E-state index >= 15 is 0 Å². The summed E-state index contributed by atoms with van der Waals surface area (Å²) in [4.78, 5) is 11.8. The van der Waals surface area contributed by atoms with E-state index in [1.807, 2.05) is 18.4 Å². The fourth-order valence-electron chi connectivity index (χ4n) is 0.786. The van der Waals surface area contributed by atoms with Crippen molar-refractivity contribution in [3.63, 3.8) is 0 Å². The number of carbonyl (C=O) groups is 1. The summed E-state index contributed by atoms with van der Waals surface area (Å²) in [6.07, 6.45) is 0. The number of ether oxygens (including phenoxy) is 1. The van der Waals surface area contributed by atoms with Gasteiger partial charge in [-0.2, -0.15) is 0 Å². The fourth-order valence-corrected chi connectivity index (χ4v) is 1.60. The normalized spacial score (nSPS) is 9.83. The molecule has 1 aromatic heterocycles. The molecule has 0 aliphatic rings. The molecule has 0 fully saturated rings. The summed E-state index contributed by atoms with van der Waals surface area (Å²) in [5, 5.41) is 10.2. The predicted octanol–water partition coefficient (Wildman–Crippen LogP) is 1.21. The van der Waals surface area contributed by atoms with E-state index in [2.05, 4.69) is 0 Å². The topological polar surface area (TPSA) is 46.5 Å². The van der Waals surface area contributed by atoms with Crippen LogP contribution in [-0.2, 0) is 4.74 Å². The van der Waals surface area contributed by atoms with E-state index in [9.17, 15) is 4.79 Å². The van der Waals surface area contributed by atoms with E-state index in [0.717, 1.165) is 5.56 Å². The zero-order valence-electron chi connectivity index (χ0n) is 6.74. The van der Waals surface area contributed by atoms with E-state index < -0.39 is 0 Å². The van der Waals surface area contributed by atoms with Gasteiger partial charge in [0.1, 0.15) is 11.5 Å². The molecule has 0 radical (unpaired) electrons. The maximum atomic E-state index is 11.2. The molecular weight excluding hydrogens is 176 g/mol. The molecule has 0 bridgehead atoms. The van der Waals surface area contributed by atoms with Crippen LogP contribution in [-0.4, -0.2) is 24.3 Å². The number of hydrogen-bond donors (Lipinski definition) is 1. The molecule has 0 saturated carbocycles. The summed E-state index contributed by atoms with van der Waals surface area (Å²) >= 11 is 1.35. The van der Waals surface area contributed by atoms with Crippen LogP contribution >= 0.6 is 11.3 Å². The molecule has 12 heavy (non-hydrogen) atoms. The average Bonchev–Trinajstić information content (AvgIpc) is 2.47. The molecule has 4 heteroatoms. The van der Waals surface area contributed by atoms with Crippen molar-refractivity contribution in [2.24, 2.45) is 0 Å². The lowest BCUT2D eigenvalue weighted by atomic mass is 10.3. The largest absolute Gasteiger partial charge is 0.459 e. The van der Waals surface area contributed by atoms with Gasteiger partial charge in [-0.25, -0.2) is 4.79 Å². The van der Waals surface area contributed by atoms with Gasteiger partial charge < -0.3 is 9.84 Å². The highest BCUT2D eigenvalue weighted by molar-refractivity contribution is 7.12. The third-order valence-electron chi connectivity index (χ3n) is 1.37. The summed E-state index contributed by atoms with van der Waals surface area (Å²) < 4.78 is 4.74. The van der Waals surface area contributed by atoms with Crippen molar-refractivity contribution < 1.29 is 14.6 Å². The van der Waals surface area contributed by atoms with Crippen molar-refractivity contribution in [1.29, 1.82) is 0 Å². The highest BCUT2D eigenvalue weighted by Crippen LogP contribution is 2.16. The molecule has 66 valence electrons. The summed E-state index contributed by atoms with van der Waals surface area (Å²) in [6.45, 7) is 1.79. The van der Waals surface area contributed by atoms with Gasteiger partial charge in [0.05, 0.1) is 6.61 Å². The highest BCUT2D eigenvalue weighted by atomic mass is 32.1. The first kappa shape index (κ1) is 9.22. The minimum atomic E-state index is -0.350. The number of esters is 1. The number of rotatable bonds is 3. The second-order valence-corrected chi connectivity index (χ2v) is 3.21. The summed E-state index contributed by atoms with van der Waals surface area (Å²) in [5.74, 6) is -0.350. The van der Waals surface area contributed by atoms with E-state index in [4.69, 9.17) is 9.84 Å². The molecule has 0 aliphatic carbocycles. The van der Waals surface area contributed by atoms with Crippen molar-refractivity contribution in [2.45, 2.75) is 6.92 Å². The lowest BCUT2D eigenvalue weighted by Gasteiger charge is -2.00. The van der Waals surface area contributed by atoms with Gasteiger partial charge in [0.15, 0.2) is 0 Å². The average molecular weight is 186 g/mol. The molecule has 0 amide bonds. The Kier molecular flexibility index (Phi) is 3.25. The Balaban J connectivity index is 2.59. The van der Waals surface area contributed by atoms with Gasteiger partial charge in [0, 0.05) is 0 Å². The summed E-state index contributed by atoms with van der Waals surface area (Å²) in [6, 6.07) is 1.86. The SMILES string of the molecule is Cc1ccsc1C(=O)OCCO. The first-order valence-corrected chi connectivity index (χ1v) is 4.45. The van der Waals surface area contributed by atoms with Crippen LogP contribution in [0.2, 0.25) is 0 Å². The third kappa shape index (κ3) is 2.06. The summed E-state index contributed by atoms with van der Waals surface area (Å²) in [7, 11) is 0. The van der Waals surface area contributed by atoms with E-state index in [1.165, 1.54) is 11.3 Å². The molecule has 0 saturated heterocycles. The zero-order valence-corrected chi connectivity index (χ0v) is 7.56. The Morgan fingerprint density at radius 2 is 2.50 bits per heavy atom. The van der Waals surface area contributed by atoms with Gasteiger partial charge in [-0.3, -0.25) is 0 Å². The number of thiophene rings is 1. The molecule has 0 spiro atoms. The first-order chi connectivity index (χ1) is 5.75. The first-order valence-electron chi connectivity index (χ1n) is 3.57. The number of aliphatic hydroxyl groups is 1. The van der Waals surface area contributed by atoms with Gasteiger partial charge in [-0.15, -0.1) is 11.3 Å². The smallest absolute Gasteiger partial charge is 0.348 e. The lowest BCUT2D eigenvalue weighted by Crippen LogP contribution is -2.07. The van der Waals surface area contributed by atoms with Gasteiger partial charge in [0.2, 0.25) is 0 Å². The Hall–Kier alpha value is -0.870. The molecule has 0 atom stereocenters. The monoisotopic (exact) mass is 186 g/mol. The van der Waals surface area contributed by atoms with E-state index in [0.29, 0.717) is 4.88 Å². The molecule has 0 aliphatic heterocycles. The number of hydrogen-bond acceptors (Lipinski definition) is 4. The fraction of sp³-hybridized carbons (Fsp3) is 0.375. The van der Waals surface area contributed by atoms with Crippen LogP contribution in [0.3, 0.4) is 0 Å². The predicted molar refractivity (Wildman–Crippen MR) is 46.4 cm³/mol. The molecule has 1 aromatic rings. The molecular formula is C8H10O3S. The number of carbonyl (C=O) groups excluding carboxylic acids is 1. The van der Waals surface area contributed by atoms with E-state index in [1.54, 1.807) is 0 Å². The summed E-state index contributed by atoms with van der Waals surface area (Å²) in [5.41, 5.74) is 0.919. The van der Waals surface area contributed by atoms with Crippen molar-refractivity contribution in [3.8, 4) is 0 Å². The second-order valence-electron chi connectivity index (χ2n) is 2.29. The Morgan fingerprint density at radius 1 is 1.75 bits per heavy atom. The Labute approximate surface area is 74.6 Å². The van der Waals surface area contributed by atoms with Crippen LogP contribution in [0.5, 0.6) is 0 Å². The molecule has 1 rings (SSSR count). The molecule has 0 unspecified atom stereocenters. The maximum absolute atomic E-state index is 11.2. The maximum Gasteiger partial charge on any atom is 0.348 e. The van der Waals surface area contributed by atoms with Crippen LogP contribution < -0.4 is 0 Å². The van der Waals surface area contributed by atoms with Crippen LogP contribution in [0, 0.1) is 6.92 Å². The van der Waals surface area contributed by atoms with Crippen molar-refractivity contribution in [1.82, 2.24) is 0 Å². The third-order valence-corrected chi connectivity index (χ3v) is 2.37. The quantitative estimate of drug-likeness (QED) is 0.722. The Bertz CT molecular complexity index is 267. The molecule has 3 nitrogen and oxygen atoms in total. The molecule has 1 heterocycles. The van der Waals surface area contributed by atoms with Gasteiger partial charge in [0.25, 0.3) is 0 Å². The van der Waals surface area contributed by atoms with Crippen LogP contribution in [0.1, 0.15) is 15.2 Å². The zero-order chi connectivity index (χ0) is 8.97. The van der Waals surface area contributed by atoms with Crippen molar-refractivity contribution >= 4 is 17.3 Å². The van der Waals surface area contributed by atoms with Crippen molar-refractivity contribution in [2.75, 3.05) is 13.2 Å². The van der Waals surface area contributed by atoms with Crippen molar-refractivity contribution in [3.05, 3.63) is 21.9 Å². The van der Waals surface area contributed by atoms with Gasteiger partial charge in [-0.1, -0.05) is 0 Å². The minimum Gasteiger partial charge on any atom is -0.459 e. The number of aryl methyl sites for hydroxylation is 1. The minimum absolute atomic E-state index is 0.0656. The standard InChI is InChI=1S/C8H10O3S/c1-6-2-5-12-7(6)8(10)11-4-3-9/h2,5,9H,3-4H2,1H3. The molecule has 1 N–H and O–H groups in total. The van der Waals surface area contributed by atoms with Gasteiger partial charge in [-0.05, 0) is 23.9 Å². The molecule has 0 aromatic carbocycles. The van der Waals surface area contributed by atoms with Crippen LogP contribution in [0.4, 0.5) is 0 Å². The van der Waals surface area contributed by atoms with Crippen LogP contribution in [0.15, 0.2) is 11.4 Å². The lowest BCUT2D eigenvalue weighted by molar-refractivity contribution is 0.0438. The van der Waals surface area contributed by atoms with Gasteiger partial charge >= 0.3 is 5.97 Å². The van der Waals surface area contributed by atoms with E-state index in [-0.39, 0.29) is 19.2 Å². The second kappa shape index (κ2) is 4.23. The highest BCUT2D eigenvalue weighted by Gasteiger charge is 2.10.